The average Bonchev–Trinajstić information content (AvgIpc) is 2.51. The second-order valence-electron chi connectivity index (χ2n) is 6.04. The highest BCUT2D eigenvalue weighted by molar-refractivity contribution is 5.86. The van der Waals surface area contributed by atoms with Crippen molar-refractivity contribution in [2.45, 2.75) is 57.7 Å². The molecular formula is C16H22F3NO3. The van der Waals surface area contributed by atoms with E-state index in [4.69, 9.17) is 6.42 Å². The third kappa shape index (κ3) is 5.77. The van der Waals surface area contributed by atoms with Crippen LogP contribution in [0.5, 0.6) is 0 Å². The van der Waals surface area contributed by atoms with Gasteiger partial charge in [0.2, 0.25) is 5.91 Å². The molecule has 0 unspecified atom stereocenters. The molecule has 1 aliphatic carbocycles. The van der Waals surface area contributed by atoms with Crippen molar-refractivity contribution in [2.75, 3.05) is 6.61 Å². The first kappa shape index (κ1) is 19.3. The highest BCUT2D eigenvalue weighted by atomic mass is 19.4. The zero-order valence-electron chi connectivity index (χ0n) is 13.3. The van der Waals surface area contributed by atoms with Crippen LogP contribution in [0.1, 0.15) is 46.0 Å². The Morgan fingerprint density at radius 3 is 2.30 bits per heavy atom. The number of carbonyl (C=O) groups excluding carboxylic acids is 2. The van der Waals surface area contributed by atoms with E-state index in [9.17, 15) is 22.8 Å². The summed E-state index contributed by atoms with van der Waals surface area (Å²) in [5.74, 6) is -0.444. The number of hydrogen-bond acceptors (Lipinski definition) is 3. The highest BCUT2D eigenvalue weighted by Gasteiger charge is 2.40. The first-order valence-corrected chi connectivity index (χ1v) is 7.65. The normalized spacial score (nSPS) is 24.2. The summed E-state index contributed by atoms with van der Waals surface area (Å²) in [7, 11) is 0. The second-order valence-corrected chi connectivity index (χ2v) is 6.04. The number of alkyl halides is 3. The SMILES string of the molecule is C#C[C@](C)(CC)NC(=O)[C@@H]1CCCC[C@@H]1C(=O)OCC(F)(F)F. The molecule has 0 saturated heterocycles. The fourth-order valence-corrected chi connectivity index (χ4v) is 2.58. The molecule has 0 aromatic carbocycles. The van der Waals surface area contributed by atoms with E-state index in [-0.39, 0.29) is 0 Å². The predicted molar refractivity (Wildman–Crippen MR) is 78.1 cm³/mol. The van der Waals surface area contributed by atoms with Crippen molar-refractivity contribution >= 4 is 11.9 Å². The number of nitrogens with one attached hydrogen (secondary N) is 1. The molecule has 23 heavy (non-hydrogen) atoms. The molecular weight excluding hydrogens is 311 g/mol. The zero-order valence-corrected chi connectivity index (χ0v) is 13.3. The summed E-state index contributed by atoms with van der Waals surface area (Å²) in [6.07, 6.45) is 3.52. The van der Waals surface area contributed by atoms with Crippen LogP contribution in [0.25, 0.3) is 0 Å². The van der Waals surface area contributed by atoms with E-state index in [2.05, 4.69) is 16.0 Å². The Hall–Kier alpha value is -1.71. The van der Waals surface area contributed by atoms with Gasteiger partial charge in [0.15, 0.2) is 6.61 Å². The van der Waals surface area contributed by atoms with Gasteiger partial charge < -0.3 is 10.1 Å². The number of ether oxygens (including phenoxy) is 1. The molecule has 0 bridgehead atoms. The molecule has 0 radical (unpaired) electrons. The van der Waals surface area contributed by atoms with Gasteiger partial charge in [-0.25, -0.2) is 0 Å². The van der Waals surface area contributed by atoms with E-state index in [1.807, 2.05) is 6.92 Å². The summed E-state index contributed by atoms with van der Waals surface area (Å²) < 4.78 is 40.8. The molecule has 0 aliphatic heterocycles. The van der Waals surface area contributed by atoms with E-state index < -0.39 is 42.0 Å². The monoisotopic (exact) mass is 333 g/mol. The number of rotatable bonds is 5. The van der Waals surface area contributed by atoms with Crippen molar-refractivity contribution in [3.8, 4) is 12.3 Å². The standard InChI is InChI=1S/C16H22F3NO3/c1-4-15(3,5-2)20-13(21)11-8-6-7-9-12(11)14(22)23-10-16(17,18)19/h1,11-12H,5-10H2,2-3H3,(H,20,21)/t11-,12+,15-/m1/s1. The van der Waals surface area contributed by atoms with Crippen LogP contribution in [-0.2, 0) is 14.3 Å². The minimum Gasteiger partial charge on any atom is -0.456 e. The lowest BCUT2D eigenvalue weighted by Gasteiger charge is -2.32. The summed E-state index contributed by atoms with van der Waals surface area (Å²) in [5.41, 5.74) is -0.838. The van der Waals surface area contributed by atoms with Gasteiger partial charge in [-0.1, -0.05) is 25.7 Å². The molecule has 1 aliphatic rings. The molecule has 0 heterocycles. The molecule has 1 saturated carbocycles. The van der Waals surface area contributed by atoms with Crippen molar-refractivity contribution in [2.24, 2.45) is 11.8 Å². The zero-order chi connectivity index (χ0) is 17.7. The molecule has 130 valence electrons. The Bertz CT molecular complexity index is 484. The van der Waals surface area contributed by atoms with Crippen LogP contribution in [0.2, 0.25) is 0 Å². The van der Waals surface area contributed by atoms with Gasteiger partial charge in [0.25, 0.3) is 0 Å². The third-order valence-electron chi connectivity index (χ3n) is 4.21. The fourth-order valence-electron chi connectivity index (χ4n) is 2.58. The molecule has 1 amide bonds. The average molecular weight is 333 g/mol. The number of hydrogen-bond donors (Lipinski definition) is 1. The lowest BCUT2D eigenvalue weighted by molar-refractivity contribution is -0.191. The molecule has 1 rings (SSSR count). The Morgan fingerprint density at radius 2 is 1.83 bits per heavy atom. The molecule has 1 N–H and O–H groups in total. The van der Waals surface area contributed by atoms with Crippen LogP contribution in [0, 0.1) is 24.2 Å². The van der Waals surface area contributed by atoms with Crippen LogP contribution >= 0.6 is 0 Å². The lowest BCUT2D eigenvalue weighted by atomic mass is 9.78. The van der Waals surface area contributed by atoms with Crippen LogP contribution in [0.4, 0.5) is 13.2 Å². The minimum atomic E-state index is -4.58. The topological polar surface area (TPSA) is 55.4 Å². The Balaban J connectivity index is 2.76. The first-order valence-electron chi connectivity index (χ1n) is 7.65. The maximum Gasteiger partial charge on any atom is 0.422 e. The Morgan fingerprint density at radius 1 is 1.26 bits per heavy atom. The largest absolute Gasteiger partial charge is 0.456 e. The maximum atomic E-state index is 12.4. The summed E-state index contributed by atoms with van der Waals surface area (Å²) in [6, 6.07) is 0. The smallest absolute Gasteiger partial charge is 0.422 e. The molecule has 3 atom stereocenters. The highest BCUT2D eigenvalue weighted by Crippen LogP contribution is 2.32. The molecule has 1 fully saturated rings. The minimum absolute atomic E-state index is 0.341. The molecule has 0 aromatic rings. The van der Waals surface area contributed by atoms with Gasteiger partial charge in [0, 0.05) is 0 Å². The van der Waals surface area contributed by atoms with Gasteiger partial charge in [-0.3, -0.25) is 9.59 Å². The van der Waals surface area contributed by atoms with Crippen molar-refractivity contribution in [3.05, 3.63) is 0 Å². The van der Waals surface area contributed by atoms with Gasteiger partial charge in [-0.15, -0.1) is 6.42 Å². The van der Waals surface area contributed by atoms with Crippen molar-refractivity contribution < 1.29 is 27.5 Å². The molecule has 7 heteroatoms. The van der Waals surface area contributed by atoms with E-state index >= 15 is 0 Å². The summed E-state index contributed by atoms with van der Waals surface area (Å²) >= 11 is 0. The molecule has 0 spiro atoms. The third-order valence-corrected chi connectivity index (χ3v) is 4.21. The van der Waals surface area contributed by atoms with Crippen LogP contribution in [0.3, 0.4) is 0 Å². The van der Waals surface area contributed by atoms with E-state index in [1.54, 1.807) is 6.92 Å². The molecule has 0 aromatic heterocycles. The predicted octanol–water partition coefficient (Wildman–Crippen LogP) is 2.82. The van der Waals surface area contributed by atoms with Gasteiger partial charge >= 0.3 is 12.1 Å². The van der Waals surface area contributed by atoms with Gasteiger partial charge in [-0.05, 0) is 26.2 Å². The Kier molecular flexibility index (Phi) is 6.48. The summed E-state index contributed by atoms with van der Waals surface area (Å²) in [5, 5.41) is 2.71. The first-order chi connectivity index (χ1) is 10.6. The summed E-state index contributed by atoms with van der Waals surface area (Å²) in [4.78, 5) is 24.3. The Labute approximate surface area is 134 Å². The number of carbonyl (C=O) groups is 2. The lowest BCUT2D eigenvalue weighted by Crippen LogP contribution is -2.50. The number of esters is 1. The van der Waals surface area contributed by atoms with Crippen molar-refractivity contribution in [1.29, 1.82) is 0 Å². The second kappa shape index (κ2) is 7.71. The van der Waals surface area contributed by atoms with Crippen LogP contribution in [0.15, 0.2) is 0 Å². The van der Waals surface area contributed by atoms with Crippen LogP contribution < -0.4 is 5.32 Å². The summed E-state index contributed by atoms with van der Waals surface area (Å²) in [6.45, 7) is 1.87. The van der Waals surface area contributed by atoms with Crippen molar-refractivity contribution in [1.82, 2.24) is 5.32 Å². The maximum absolute atomic E-state index is 12.4. The quantitative estimate of drug-likeness (QED) is 0.622. The van der Waals surface area contributed by atoms with Gasteiger partial charge in [0.1, 0.15) is 0 Å². The number of amides is 1. The fraction of sp³-hybridized carbons (Fsp3) is 0.750. The van der Waals surface area contributed by atoms with E-state index in [0.29, 0.717) is 25.7 Å². The van der Waals surface area contributed by atoms with E-state index in [0.717, 1.165) is 6.42 Å². The van der Waals surface area contributed by atoms with E-state index in [1.165, 1.54) is 0 Å². The van der Waals surface area contributed by atoms with Crippen molar-refractivity contribution in [3.63, 3.8) is 0 Å². The van der Waals surface area contributed by atoms with Gasteiger partial charge in [0.05, 0.1) is 17.4 Å². The van der Waals surface area contributed by atoms with Crippen LogP contribution in [-0.4, -0.2) is 30.2 Å². The number of halogens is 3. The molecule has 4 nitrogen and oxygen atoms in total. The number of terminal acetylenes is 1. The van der Waals surface area contributed by atoms with Gasteiger partial charge in [-0.2, -0.15) is 13.2 Å².